The fourth-order valence-corrected chi connectivity index (χ4v) is 2.19. The smallest absolute Gasteiger partial charge is 0.0879 e. The van der Waals surface area contributed by atoms with Crippen LogP contribution in [0.3, 0.4) is 0 Å². The lowest BCUT2D eigenvalue weighted by molar-refractivity contribution is 1.41. The zero-order chi connectivity index (χ0) is 9.38. The second-order valence-electron chi connectivity index (χ2n) is 3.15. The molecule has 1 N–H and O–H groups in total. The quantitative estimate of drug-likeness (QED) is 0.641. The third-order valence-electron chi connectivity index (χ3n) is 2.25. The van der Waals surface area contributed by atoms with Gasteiger partial charge in [0, 0.05) is 18.0 Å². The Labute approximate surface area is 85.2 Å². The summed E-state index contributed by atoms with van der Waals surface area (Å²) in [7, 11) is 0. The van der Waals surface area contributed by atoms with Crippen LogP contribution < -0.4 is 0 Å². The molecule has 0 radical (unpaired) electrons. The Bertz CT molecular complexity index is 551. The summed E-state index contributed by atoms with van der Waals surface area (Å²) in [4.78, 5) is 7.53. The van der Waals surface area contributed by atoms with E-state index < -0.39 is 0 Å². The minimum Gasteiger partial charge on any atom is -0.360 e. The highest BCUT2D eigenvalue weighted by Gasteiger charge is 2.00. The second kappa shape index (κ2) is 2.96. The second-order valence-corrected chi connectivity index (χ2v) is 3.93. The monoisotopic (exact) mass is 200 g/mol. The molecule has 0 aliphatic heterocycles. The van der Waals surface area contributed by atoms with E-state index >= 15 is 0 Å². The molecule has 0 saturated heterocycles. The van der Waals surface area contributed by atoms with Crippen LogP contribution in [0.25, 0.3) is 22.2 Å². The molecule has 0 aliphatic carbocycles. The van der Waals surface area contributed by atoms with Crippen LogP contribution in [0.5, 0.6) is 0 Å². The van der Waals surface area contributed by atoms with E-state index in [0.29, 0.717) is 0 Å². The summed E-state index contributed by atoms with van der Waals surface area (Å²) < 4.78 is 0. The summed E-state index contributed by atoms with van der Waals surface area (Å²) >= 11 is 1.70. The van der Waals surface area contributed by atoms with Crippen LogP contribution >= 0.6 is 11.3 Å². The molecular weight excluding hydrogens is 192 g/mol. The van der Waals surface area contributed by atoms with Gasteiger partial charge >= 0.3 is 0 Å². The third-order valence-corrected chi connectivity index (χ3v) is 2.94. The molecule has 3 heterocycles. The number of hydrogen-bond donors (Lipinski definition) is 1. The molecular formula is C11H8N2S. The Morgan fingerprint density at radius 1 is 1.21 bits per heavy atom. The number of rotatable bonds is 1. The first-order valence-electron chi connectivity index (χ1n) is 4.39. The van der Waals surface area contributed by atoms with E-state index in [4.69, 9.17) is 0 Å². The number of aromatic nitrogens is 2. The van der Waals surface area contributed by atoms with Gasteiger partial charge in [-0.3, -0.25) is 4.98 Å². The molecule has 3 rings (SSSR count). The molecule has 14 heavy (non-hydrogen) atoms. The van der Waals surface area contributed by atoms with Crippen molar-refractivity contribution in [1.82, 2.24) is 9.97 Å². The fourth-order valence-electron chi connectivity index (χ4n) is 1.52. The van der Waals surface area contributed by atoms with Crippen molar-refractivity contribution in [3.8, 4) is 11.1 Å². The summed E-state index contributed by atoms with van der Waals surface area (Å²) in [5.74, 6) is 0. The molecule has 0 bridgehead atoms. The van der Waals surface area contributed by atoms with Crippen molar-refractivity contribution in [1.29, 1.82) is 0 Å². The predicted octanol–water partition coefficient (Wildman–Crippen LogP) is 3.29. The molecule has 68 valence electrons. The Hall–Kier alpha value is -1.61. The van der Waals surface area contributed by atoms with Crippen molar-refractivity contribution in [3.05, 3.63) is 41.4 Å². The van der Waals surface area contributed by atoms with Crippen LogP contribution in [0.2, 0.25) is 0 Å². The number of thiophene rings is 1. The van der Waals surface area contributed by atoms with Gasteiger partial charge in [-0.25, -0.2) is 0 Å². The van der Waals surface area contributed by atoms with Crippen molar-refractivity contribution in [2.75, 3.05) is 0 Å². The van der Waals surface area contributed by atoms with Gasteiger partial charge in [-0.05, 0) is 34.5 Å². The molecule has 0 aromatic carbocycles. The number of hydrogen-bond acceptors (Lipinski definition) is 2. The molecule has 0 amide bonds. The van der Waals surface area contributed by atoms with E-state index in [2.05, 4.69) is 32.9 Å². The predicted molar refractivity (Wildman–Crippen MR) is 59.4 cm³/mol. The number of pyridine rings is 1. The number of aromatic amines is 1. The minimum atomic E-state index is 1.02. The molecule has 2 nitrogen and oxygen atoms in total. The third kappa shape index (κ3) is 1.14. The van der Waals surface area contributed by atoms with Gasteiger partial charge in [0.25, 0.3) is 0 Å². The van der Waals surface area contributed by atoms with Gasteiger partial charge in [0.15, 0.2) is 0 Å². The van der Waals surface area contributed by atoms with Gasteiger partial charge in [-0.2, -0.15) is 11.3 Å². The number of nitrogens with zero attached hydrogens (tertiary/aromatic N) is 1. The average Bonchev–Trinajstić information content (AvgIpc) is 2.88. The lowest BCUT2D eigenvalue weighted by Gasteiger charge is -1.96. The van der Waals surface area contributed by atoms with Crippen LogP contribution in [0.4, 0.5) is 0 Å². The van der Waals surface area contributed by atoms with Crippen molar-refractivity contribution in [2.24, 2.45) is 0 Å². The molecule has 3 heteroatoms. The summed E-state index contributed by atoms with van der Waals surface area (Å²) in [6, 6.07) is 6.22. The fraction of sp³-hybridized carbons (Fsp3) is 0. The largest absolute Gasteiger partial charge is 0.360 e. The topological polar surface area (TPSA) is 28.7 Å². The molecule has 0 spiro atoms. The Morgan fingerprint density at radius 2 is 2.21 bits per heavy atom. The first-order chi connectivity index (χ1) is 6.93. The van der Waals surface area contributed by atoms with Crippen molar-refractivity contribution < 1.29 is 0 Å². The Balaban J connectivity index is 2.23. The van der Waals surface area contributed by atoms with Crippen molar-refractivity contribution in [2.45, 2.75) is 0 Å². The van der Waals surface area contributed by atoms with Crippen LogP contribution in [-0.2, 0) is 0 Å². The summed E-state index contributed by atoms with van der Waals surface area (Å²) in [6.45, 7) is 0. The molecule has 3 aromatic heterocycles. The van der Waals surface area contributed by atoms with Crippen LogP contribution in [0.15, 0.2) is 41.4 Å². The van der Waals surface area contributed by atoms with E-state index in [0.717, 1.165) is 11.0 Å². The summed E-state index contributed by atoms with van der Waals surface area (Å²) in [6.07, 6.45) is 3.83. The molecule has 0 saturated carbocycles. The first kappa shape index (κ1) is 7.76. The van der Waals surface area contributed by atoms with Gasteiger partial charge in [0.1, 0.15) is 0 Å². The van der Waals surface area contributed by atoms with Gasteiger partial charge in [-0.1, -0.05) is 0 Å². The van der Waals surface area contributed by atoms with Crippen molar-refractivity contribution in [3.63, 3.8) is 0 Å². The minimum absolute atomic E-state index is 1.02. The highest BCUT2D eigenvalue weighted by molar-refractivity contribution is 7.08. The van der Waals surface area contributed by atoms with Crippen LogP contribution in [0, 0.1) is 0 Å². The Morgan fingerprint density at radius 3 is 3.07 bits per heavy atom. The maximum absolute atomic E-state index is 4.37. The lowest BCUT2D eigenvalue weighted by Crippen LogP contribution is -1.78. The molecule has 3 aromatic rings. The SMILES string of the molecule is c1cc2ncc(-c3ccsc3)cc2[nH]1. The first-order valence-corrected chi connectivity index (χ1v) is 5.33. The van der Waals surface area contributed by atoms with Gasteiger partial charge in [-0.15, -0.1) is 0 Å². The molecule has 0 unspecified atom stereocenters. The zero-order valence-electron chi connectivity index (χ0n) is 7.40. The van der Waals surface area contributed by atoms with Gasteiger partial charge in [0.2, 0.25) is 0 Å². The number of H-pyrrole nitrogens is 1. The number of fused-ring (bicyclic) bond motifs is 1. The molecule has 0 atom stereocenters. The lowest BCUT2D eigenvalue weighted by atomic mass is 10.1. The van der Waals surface area contributed by atoms with Crippen LogP contribution in [0.1, 0.15) is 0 Å². The normalized spacial score (nSPS) is 10.9. The maximum atomic E-state index is 4.37. The van der Waals surface area contributed by atoms with E-state index in [9.17, 15) is 0 Å². The molecule has 0 fully saturated rings. The van der Waals surface area contributed by atoms with E-state index in [1.54, 1.807) is 11.3 Å². The van der Waals surface area contributed by atoms with E-state index in [1.165, 1.54) is 11.1 Å². The van der Waals surface area contributed by atoms with Crippen molar-refractivity contribution >= 4 is 22.4 Å². The zero-order valence-corrected chi connectivity index (χ0v) is 8.21. The van der Waals surface area contributed by atoms with E-state index in [-0.39, 0.29) is 0 Å². The summed E-state index contributed by atoms with van der Waals surface area (Å²) in [5, 5.41) is 4.21. The number of nitrogens with one attached hydrogen (secondary N) is 1. The highest BCUT2D eigenvalue weighted by atomic mass is 32.1. The molecule has 0 aliphatic rings. The summed E-state index contributed by atoms with van der Waals surface area (Å²) in [5.41, 5.74) is 4.51. The Kier molecular flexibility index (Phi) is 1.64. The van der Waals surface area contributed by atoms with Crippen LogP contribution in [-0.4, -0.2) is 9.97 Å². The standard InChI is InChI=1S/C11H8N2S/c1-3-12-11-5-9(6-13-10(1)11)8-2-4-14-7-8/h1-7,12H. The van der Waals surface area contributed by atoms with Gasteiger partial charge in [0.05, 0.1) is 11.0 Å². The highest BCUT2D eigenvalue weighted by Crippen LogP contribution is 2.23. The van der Waals surface area contributed by atoms with Gasteiger partial charge < -0.3 is 4.98 Å². The van der Waals surface area contributed by atoms with E-state index in [1.807, 2.05) is 18.5 Å². The maximum Gasteiger partial charge on any atom is 0.0879 e. The average molecular weight is 200 g/mol.